The topological polar surface area (TPSA) is 68.6 Å². The number of esters is 1. The van der Waals surface area contributed by atoms with Crippen LogP contribution in [-0.4, -0.2) is 25.3 Å². The Morgan fingerprint density at radius 2 is 1.72 bits per heavy atom. The molecule has 5 nitrogen and oxygen atoms in total. The Bertz CT molecular complexity index is 924. The van der Waals surface area contributed by atoms with Gasteiger partial charge in [0.25, 0.3) is 0 Å². The first-order valence-corrected chi connectivity index (χ1v) is 11.0. The largest absolute Gasteiger partial charge is 0.493 e. The summed E-state index contributed by atoms with van der Waals surface area (Å²) in [7, 11) is 0. The molecular formula is C25H27F2NO4. The van der Waals surface area contributed by atoms with E-state index in [4.69, 9.17) is 19.5 Å². The first kappa shape index (κ1) is 23.7. The monoisotopic (exact) mass is 443 g/mol. The molecule has 0 atom stereocenters. The molecule has 0 saturated heterocycles. The van der Waals surface area contributed by atoms with E-state index in [-0.39, 0.29) is 11.3 Å². The van der Waals surface area contributed by atoms with E-state index in [1.165, 1.54) is 18.2 Å². The quantitative estimate of drug-likeness (QED) is 0.278. The predicted octanol–water partition coefficient (Wildman–Crippen LogP) is 5.81. The molecule has 1 fully saturated rings. The summed E-state index contributed by atoms with van der Waals surface area (Å²) < 4.78 is 44.1. The second kappa shape index (κ2) is 11.6. The van der Waals surface area contributed by atoms with Crippen LogP contribution < -0.4 is 9.47 Å². The minimum absolute atomic E-state index is 0.215. The van der Waals surface area contributed by atoms with Crippen LogP contribution in [0.3, 0.4) is 0 Å². The van der Waals surface area contributed by atoms with Crippen molar-refractivity contribution in [1.82, 2.24) is 0 Å². The summed E-state index contributed by atoms with van der Waals surface area (Å²) in [5, 5.41) is 8.70. The van der Waals surface area contributed by atoms with E-state index < -0.39 is 23.2 Å². The number of nitrogens with zero attached hydrogens (tertiary/aromatic N) is 1. The van der Waals surface area contributed by atoms with Crippen LogP contribution in [0.2, 0.25) is 0 Å². The molecule has 0 aliphatic heterocycles. The molecular weight excluding hydrogens is 416 g/mol. The number of unbranched alkanes of at least 4 members (excludes halogenated alkanes) is 1. The van der Waals surface area contributed by atoms with Crippen molar-refractivity contribution in [2.45, 2.75) is 51.6 Å². The van der Waals surface area contributed by atoms with Crippen LogP contribution in [-0.2, 0) is 4.74 Å². The van der Waals surface area contributed by atoms with Crippen molar-refractivity contribution in [3.63, 3.8) is 0 Å². The van der Waals surface area contributed by atoms with E-state index in [0.29, 0.717) is 24.4 Å². The zero-order valence-corrected chi connectivity index (χ0v) is 18.1. The first-order valence-electron chi connectivity index (χ1n) is 11.0. The zero-order valence-electron chi connectivity index (χ0n) is 18.1. The summed E-state index contributed by atoms with van der Waals surface area (Å²) in [4.78, 5) is 12.2. The smallest absolute Gasteiger partial charge is 0.343 e. The summed E-state index contributed by atoms with van der Waals surface area (Å²) in [6, 6.07) is 9.43. The lowest BCUT2D eigenvalue weighted by Crippen LogP contribution is -2.25. The van der Waals surface area contributed by atoms with Crippen LogP contribution in [0.15, 0.2) is 36.4 Å². The van der Waals surface area contributed by atoms with Gasteiger partial charge >= 0.3 is 5.97 Å². The standard InChI is InChI=1S/C25H27F2NO4/c1-2-3-12-30-19-8-4-17(5-9-19)16-31-20-10-6-18(7-11-20)25(29)32-21-13-23(26)22(15-28)24(27)14-21/h6-7,10-11,13-14,17,19H,2-5,8-9,12,16H2,1H3/t17-,19-. The average molecular weight is 443 g/mol. The fourth-order valence-electron chi connectivity index (χ4n) is 3.64. The highest BCUT2D eigenvalue weighted by molar-refractivity contribution is 5.91. The Kier molecular flexibility index (Phi) is 8.57. The number of halogens is 2. The highest BCUT2D eigenvalue weighted by Gasteiger charge is 2.22. The number of benzene rings is 2. The van der Waals surface area contributed by atoms with Crippen molar-refractivity contribution in [2.24, 2.45) is 5.92 Å². The molecule has 0 spiro atoms. The Morgan fingerprint density at radius 1 is 1.06 bits per heavy atom. The minimum Gasteiger partial charge on any atom is -0.493 e. The summed E-state index contributed by atoms with van der Waals surface area (Å²) >= 11 is 0. The van der Waals surface area contributed by atoms with Crippen LogP contribution in [0, 0.1) is 28.9 Å². The maximum atomic E-state index is 13.7. The molecule has 2 aromatic carbocycles. The third kappa shape index (κ3) is 6.51. The van der Waals surface area contributed by atoms with Crippen molar-refractivity contribution in [3.05, 3.63) is 59.2 Å². The Balaban J connectivity index is 1.46. The van der Waals surface area contributed by atoms with Gasteiger partial charge in [-0.2, -0.15) is 5.26 Å². The lowest BCUT2D eigenvalue weighted by atomic mass is 9.88. The molecule has 170 valence electrons. The molecule has 1 aliphatic carbocycles. The molecule has 1 saturated carbocycles. The number of ether oxygens (including phenoxy) is 3. The second-order valence-corrected chi connectivity index (χ2v) is 7.97. The van der Waals surface area contributed by atoms with Gasteiger partial charge in [-0.1, -0.05) is 13.3 Å². The molecule has 0 amide bonds. The molecule has 0 aromatic heterocycles. The fourth-order valence-corrected chi connectivity index (χ4v) is 3.64. The fraction of sp³-hybridized carbons (Fsp3) is 0.440. The number of nitriles is 1. The summed E-state index contributed by atoms with van der Waals surface area (Å²) in [5.74, 6) is -2.12. The molecule has 3 rings (SSSR count). The second-order valence-electron chi connectivity index (χ2n) is 7.97. The zero-order chi connectivity index (χ0) is 22.9. The normalized spacial score (nSPS) is 18.1. The van der Waals surface area contributed by atoms with E-state index in [1.807, 2.05) is 0 Å². The van der Waals surface area contributed by atoms with Gasteiger partial charge in [-0.25, -0.2) is 13.6 Å². The summed E-state index contributed by atoms with van der Waals surface area (Å²) in [5.41, 5.74) is -0.504. The van der Waals surface area contributed by atoms with E-state index in [2.05, 4.69) is 6.92 Å². The molecule has 0 bridgehead atoms. The van der Waals surface area contributed by atoms with Gasteiger partial charge in [-0.05, 0) is 62.3 Å². The summed E-state index contributed by atoms with van der Waals surface area (Å²) in [6.07, 6.45) is 6.86. The van der Waals surface area contributed by atoms with Gasteiger partial charge in [-0.15, -0.1) is 0 Å². The van der Waals surface area contributed by atoms with E-state index >= 15 is 0 Å². The highest BCUT2D eigenvalue weighted by Crippen LogP contribution is 2.27. The van der Waals surface area contributed by atoms with Crippen molar-refractivity contribution in [3.8, 4) is 17.6 Å². The Labute approximate surface area is 186 Å². The number of carbonyl (C=O) groups is 1. The van der Waals surface area contributed by atoms with Gasteiger partial charge in [0.1, 0.15) is 34.8 Å². The maximum Gasteiger partial charge on any atom is 0.343 e. The molecule has 0 heterocycles. The van der Waals surface area contributed by atoms with Gasteiger partial charge in [0.15, 0.2) is 0 Å². The molecule has 0 N–H and O–H groups in total. The number of hydrogen-bond acceptors (Lipinski definition) is 5. The van der Waals surface area contributed by atoms with E-state index in [9.17, 15) is 13.6 Å². The number of rotatable bonds is 9. The molecule has 0 radical (unpaired) electrons. The van der Waals surface area contributed by atoms with Crippen LogP contribution in [0.4, 0.5) is 8.78 Å². The molecule has 32 heavy (non-hydrogen) atoms. The van der Waals surface area contributed by atoms with Crippen molar-refractivity contribution in [1.29, 1.82) is 5.26 Å². The summed E-state index contributed by atoms with van der Waals surface area (Å²) in [6.45, 7) is 3.60. The van der Waals surface area contributed by atoms with Gasteiger partial charge in [-0.3, -0.25) is 0 Å². The number of hydrogen-bond donors (Lipinski definition) is 0. The van der Waals surface area contributed by atoms with Crippen molar-refractivity contribution >= 4 is 5.97 Å². The SMILES string of the molecule is CCCCO[C@H]1CC[C@H](COc2ccc(C(=O)Oc3cc(F)c(C#N)c(F)c3)cc2)CC1. The Hall–Kier alpha value is -2.98. The molecule has 7 heteroatoms. The van der Waals surface area contributed by atoms with Crippen LogP contribution in [0.1, 0.15) is 61.4 Å². The predicted molar refractivity (Wildman–Crippen MR) is 115 cm³/mol. The highest BCUT2D eigenvalue weighted by atomic mass is 19.1. The van der Waals surface area contributed by atoms with Gasteiger partial charge < -0.3 is 14.2 Å². The van der Waals surface area contributed by atoms with Gasteiger partial charge in [0, 0.05) is 18.7 Å². The van der Waals surface area contributed by atoms with Gasteiger partial charge in [0.05, 0.1) is 18.3 Å². The van der Waals surface area contributed by atoms with E-state index in [1.54, 1.807) is 12.1 Å². The Morgan fingerprint density at radius 3 is 2.31 bits per heavy atom. The van der Waals surface area contributed by atoms with Gasteiger partial charge in [0.2, 0.25) is 0 Å². The molecule has 2 aromatic rings. The molecule has 1 aliphatic rings. The minimum atomic E-state index is -1.08. The first-order chi connectivity index (χ1) is 15.5. The lowest BCUT2D eigenvalue weighted by molar-refractivity contribution is 0.0116. The third-order valence-corrected chi connectivity index (χ3v) is 5.56. The van der Waals surface area contributed by atoms with E-state index in [0.717, 1.165) is 57.3 Å². The average Bonchev–Trinajstić information content (AvgIpc) is 2.79. The van der Waals surface area contributed by atoms with Crippen LogP contribution >= 0.6 is 0 Å². The number of carbonyl (C=O) groups excluding carboxylic acids is 1. The van der Waals surface area contributed by atoms with Crippen LogP contribution in [0.25, 0.3) is 0 Å². The molecule has 0 unspecified atom stereocenters. The van der Waals surface area contributed by atoms with Crippen LogP contribution in [0.5, 0.6) is 11.5 Å². The lowest BCUT2D eigenvalue weighted by Gasteiger charge is -2.28. The third-order valence-electron chi connectivity index (χ3n) is 5.56. The van der Waals surface area contributed by atoms with Crippen molar-refractivity contribution in [2.75, 3.05) is 13.2 Å². The maximum absolute atomic E-state index is 13.7. The van der Waals surface area contributed by atoms with Crippen molar-refractivity contribution < 1.29 is 27.8 Å².